The van der Waals surface area contributed by atoms with Gasteiger partial charge in [-0.25, -0.2) is 0 Å². The lowest BCUT2D eigenvalue weighted by atomic mass is 10.1. The SMILES string of the molecule is NCc1ccc(NC2CC2)c(N)c1. The Morgan fingerprint density at radius 1 is 1.38 bits per heavy atom. The molecule has 1 aromatic carbocycles. The Hall–Kier alpha value is -1.22. The Kier molecular flexibility index (Phi) is 2.10. The summed E-state index contributed by atoms with van der Waals surface area (Å²) in [5.41, 5.74) is 14.3. The van der Waals surface area contributed by atoms with Crippen molar-refractivity contribution in [3.8, 4) is 0 Å². The average molecular weight is 177 g/mol. The molecule has 0 aromatic heterocycles. The van der Waals surface area contributed by atoms with Gasteiger partial charge in [-0.2, -0.15) is 0 Å². The Morgan fingerprint density at radius 3 is 2.69 bits per heavy atom. The van der Waals surface area contributed by atoms with Crippen LogP contribution in [0.4, 0.5) is 11.4 Å². The lowest BCUT2D eigenvalue weighted by Gasteiger charge is -2.08. The molecule has 0 spiro atoms. The van der Waals surface area contributed by atoms with Crippen molar-refractivity contribution in [1.82, 2.24) is 0 Å². The molecule has 0 bridgehead atoms. The second kappa shape index (κ2) is 3.26. The van der Waals surface area contributed by atoms with Crippen LogP contribution in [-0.2, 0) is 6.54 Å². The van der Waals surface area contributed by atoms with Crippen molar-refractivity contribution in [3.05, 3.63) is 23.8 Å². The van der Waals surface area contributed by atoms with Gasteiger partial charge >= 0.3 is 0 Å². The standard InChI is InChI=1S/C10H15N3/c11-6-7-1-4-10(9(12)5-7)13-8-2-3-8/h1,4-5,8,13H,2-3,6,11-12H2. The monoisotopic (exact) mass is 177 g/mol. The minimum absolute atomic E-state index is 0.550. The smallest absolute Gasteiger partial charge is 0.0576 e. The minimum atomic E-state index is 0.550. The first-order valence-corrected chi connectivity index (χ1v) is 4.64. The van der Waals surface area contributed by atoms with Crippen LogP contribution in [-0.4, -0.2) is 6.04 Å². The molecule has 1 fully saturated rings. The van der Waals surface area contributed by atoms with E-state index < -0.39 is 0 Å². The maximum atomic E-state index is 5.85. The molecule has 1 aliphatic rings. The predicted molar refractivity (Wildman–Crippen MR) is 55.4 cm³/mol. The van der Waals surface area contributed by atoms with E-state index in [1.807, 2.05) is 18.2 Å². The third-order valence-corrected chi connectivity index (χ3v) is 2.29. The van der Waals surface area contributed by atoms with E-state index in [0.717, 1.165) is 16.9 Å². The molecule has 1 aliphatic carbocycles. The predicted octanol–water partition coefficient (Wildman–Crippen LogP) is 1.30. The van der Waals surface area contributed by atoms with E-state index in [0.29, 0.717) is 12.6 Å². The molecule has 0 atom stereocenters. The van der Waals surface area contributed by atoms with Crippen LogP contribution in [0.3, 0.4) is 0 Å². The molecule has 1 aromatic rings. The summed E-state index contributed by atoms with van der Waals surface area (Å²) in [6, 6.07) is 6.60. The van der Waals surface area contributed by atoms with Crippen LogP contribution in [0, 0.1) is 0 Å². The summed E-state index contributed by atoms with van der Waals surface area (Å²) in [7, 11) is 0. The molecular weight excluding hydrogens is 162 g/mol. The van der Waals surface area contributed by atoms with Gasteiger partial charge in [0.1, 0.15) is 0 Å². The van der Waals surface area contributed by atoms with E-state index in [1.165, 1.54) is 12.8 Å². The normalized spacial score (nSPS) is 15.8. The van der Waals surface area contributed by atoms with E-state index in [-0.39, 0.29) is 0 Å². The van der Waals surface area contributed by atoms with E-state index in [2.05, 4.69) is 5.32 Å². The summed E-state index contributed by atoms with van der Waals surface area (Å²) in [4.78, 5) is 0. The quantitative estimate of drug-likeness (QED) is 0.610. The van der Waals surface area contributed by atoms with Crippen molar-refractivity contribution in [2.45, 2.75) is 25.4 Å². The number of nitrogens with one attached hydrogen (secondary N) is 1. The van der Waals surface area contributed by atoms with E-state index in [1.54, 1.807) is 0 Å². The maximum absolute atomic E-state index is 5.85. The van der Waals surface area contributed by atoms with Crippen molar-refractivity contribution in [2.24, 2.45) is 5.73 Å². The summed E-state index contributed by atoms with van der Waals surface area (Å²) >= 11 is 0. The summed E-state index contributed by atoms with van der Waals surface area (Å²) in [5.74, 6) is 0. The van der Waals surface area contributed by atoms with E-state index >= 15 is 0 Å². The largest absolute Gasteiger partial charge is 0.397 e. The number of benzene rings is 1. The van der Waals surface area contributed by atoms with Crippen molar-refractivity contribution in [2.75, 3.05) is 11.1 Å². The van der Waals surface area contributed by atoms with Crippen molar-refractivity contribution >= 4 is 11.4 Å². The molecule has 0 aliphatic heterocycles. The van der Waals surface area contributed by atoms with Gasteiger partial charge in [0.2, 0.25) is 0 Å². The number of nitrogen functional groups attached to an aromatic ring is 1. The van der Waals surface area contributed by atoms with Gasteiger partial charge in [-0.05, 0) is 30.5 Å². The molecule has 13 heavy (non-hydrogen) atoms. The second-order valence-electron chi connectivity index (χ2n) is 3.54. The fourth-order valence-corrected chi connectivity index (χ4v) is 1.32. The van der Waals surface area contributed by atoms with Crippen LogP contribution in [0.1, 0.15) is 18.4 Å². The first kappa shape index (κ1) is 8.38. The average Bonchev–Trinajstić information content (AvgIpc) is 2.92. The highest BCUT2D eigenvalue weighted by Crippen LogP contribution is 2.28. The van der Waals surface area contributed by atoms with Gasteiger partial charge in [-0.1, -0.05) is 6.07 Å². The van der Waals surface area contributed by atoms with Gasteiger partial charge in [0, 0.05) is 12.6 Å². The van der Waals surface area contributed by atoms with E-state index in [9.17, 15) is 0 Å². The number of hydrogen-bond donors (Lipinski definition) is 3. The minimum Gasteiger partial charge on any atom is -0.397 e. The Balaban J connectivity index is 2.15. The fourth-order valence-electron chi connectivity index (χ4n) is 1.32. The number of rotatable bonds is 3. The molecular formula is C10H15N3. The third-order valence-electron chi connectivity index (χ3n) is 2.29. The summed E-state index contributed by atoms with van der Waals surface area (Å²) < 4.78 is 0. The van der Waals surface area contributed by atoms with E-state index in [4.69, 9.17) is 11.5 Å². The van der Waals surface area contributed by atoms with Gasteiger partial charge in [0.05, 0.1) is 11.4 Å². The molecule has 0 heterocycles. The molecule has 0 amide bonds. The highest BCUT2D eigenvalue weighted by atomic mass is 15.0. The Bertz CT molecular complexity index is 305. The molecule has 70 valence electrons. The van der Waals surface area contributed by atoms with Crippen LogP contribution >= 0.6 is 0 Å². The summed E-state index contributed by atoms with van der Waals surface area (Å²) in [5, 5.41) is 3.37. The molecule has 3 nitrogen and oxygen atoms in total. The third kappa shape index (κ3) is 1.92. The Labute approximate surface area is 78.1 Å². The van der Waals surface area contributed by atoms with Crippen molar-refractivity contribution in [3.63, 3.8) is 0 Å². The van der Waals surface area contributed by atoms with Crippen LogP contribution < -0.4 is 16.8 Å². The number of hydrogen-bond acceptors (Lipinski definition) is 3. The van der Waals surface area contributed by atoms with Gasteiger partial charge in [0.15, 0.2) is 0 Å². The highest BCUT2D eigenvalue weighted by Gasteiger charge is 2.21. The molecule has 0 unspecified atom stereocenters. The molecule has 5 N–H and O–H groups in total. The lowest BCUT2D eigenvalue weighted by Crippen LogP contribution is -2.05. The molecule has 1 saturated carbocycles. The molecule has 0 radical (unpaired) electrons. The first-order valence-electron chi connectivity index (χ1n) is 4.64. The number of nitrogens with two attached hydrogens (primary N) is 2. The topological polar surface area (TPSA) is 64.1 Å². The molecule has 0 saturated heterocycles. The first-order chi connectivity index (χ1) is 6.29. The fraction of sp³-hybridized carbons (Fsp3) is 0.400. The van der Waals surface area contributed by atoms with Crippen LogP contribution in [0.15, 0.2) is 18.2 Å². The maximum Gasteiger partial charge on any atom is 0.0576 e. The van der Waals surface area contributed by atoms with Crippen LogP contribution in [0.2, 0.25) is 0 Å². The zero-order chi connectivity index (χ0) is 9.26. The molecule has 3 heteroatoms. The Morgan fingerprint density at radius 2 is 2.15 bits per heavy atom. The van der Waals surface area contributed by atoms with Crippen LogP contribution in [0.5, 0.6) is 0 Å². The van der Waals surface area contributed by atoms with Gasteiger partial charge < -0.3 is 16.8 Å². The zero-order valence-corrected chi connectivity index (χ0v) is 7.59. The zero-order valence-electron chi connectivity index (χ0n) is 7.59. The highest BCUT2D eigenvalue weighted by molar-refractivity contribution is 5.67. The summed E-state index contributed by atoms with van der Waals surface area (Å²) in [6.07, 6.45) is 2.52. The van der Waals surface area contributed by atoms with Crippen molar-refractivity contribution < 1.29 is 0 Å². The second-order valence-corrected chi connectivity index (χ2v) is 3.54. The molecule has 2 rings (SSSR count). The van der Waals surface area contributed by atoms with Gasteiger partial charge in [-0.3, -0.25) is 0 Å². The van der Waals surface area contributed by atoms with Crippen molar-refractivity contribution in [1.29, 1.82) is 0 Å². The lowest BCUT2D eigenvalue weighted by molar-refractivity contribution is 1.07. The van der Waals surface area contributed by atoms with Crippen LogP contribution in [0.25, 0.3) is 0 Å². The van der Waals surface area contributed by atoms with Gasteiger partial charge in [-0.15, -0.1) is 0 Å². The summed E-state index contributed by atoms with van der Waals surface area (Å²) in [6.45, 7) is 0.550. The van der Waals surface area contributed by atoms with Gasteiger partial charge in [0.25, 0.3) is 0 Å². The number of anilines is 2.